The van der Waals surface area contributed by atoms with Gasteiger partial charge in [-0.3, -0.25) is 9.59 Å². The van der Waals surface area contributed by atoms with Gasteiger partial charge in [-0.15, -0.1) is 0 Å². The van der Waals surface area contributed by atoms with Gasteiger partial charge in [-0.05, 0) is 45.2 Å². The number of hydrogen-bond acceptors (Lipinski definition) is 4. The van der Waals surface area contributed by atoms with Gasteiger partial charge in [0.25, 0.3) is 5.91 Å². The van der Waals surface area contributed by atoms with Gasteiger partial charge in [0.2, 0.25) is 5.91 Å². The summed E-state index contributed by atoms with van der Waals surface area (Å²) in [6, 6.07) is 3.46. The molecule has 5 atom stereocenters. The summed E-state index contributed by atoms with van der Waals surface area (Å²) in [4.78, 5) is 27.6. The second-order valence-corrected chi connectivity index (χ2v) is 7.87. The van der Waals surface area contributed by atoms with Crippen LogP contribution in [0.1, 0.15) is 43.6 Å². The van der Waals surface area contributed by atoms with E-state index < -0.39 is 0 Å². The first-order chi connectivity index (χ1) is 12.9. The fourth-order valence-corrected chi connectivity index (χ4v) is 4.36. The molecule has 7 nitrogen and oxygen atoms in total. The van der Waals surface area contributed by atoms with Crippen molar-refractivity contribution < 1.29 is 19.1 Å². The molecule has 0 aromatic carbocycles. The zero-order chi connectivity index (χ0) is 19.6. The highest BCUT2D eigenvalue weighted by Crippen LogP contribution is 2.29. The molecule has 1 aliphatic heterocycles. The second-order valence-electron chi connectivity index (χ2n) is 7.87. The summed E-state index contributed by atoms with van der Waals surface area (Å²) in [5.74, 6) is -0.0476. The van der Waals surface area contributed by atoms with Crippen molar-refractivity contribution in [2.24, 2.45) is 13.0 Å². The third kappa shape index (κ3) is 4.52. The number of methoxy groups -OCH3 is 1. The molecule has 27 heavy (non-hydrogen) atoms. The first-order valence-electron chi connectivity index (χ1n) is 9.78. The van der Waals surface area contributed by atoms with E-state index in [0.717, 1.165) is 12.8 Å². The minimum Gasteiger partial charge on any atom is -0.379 e. The van der Waals surface area contributed by atoms with E-state index in [9.17, 15) is 9.59 Å². The average molecular weight is 377 g/mol. The molecular weight excluding hydrogens is 346 g/mol. The lowest BCUT2D eigenvalue weighted by atomic mass is 9.82. The predicted octanol–water partition coefficient (Wildman–Crippen LogP) is 1.57. The summed E-state index contributed by atoms with van der Waals surface area (Å²) in [6.45, 7) is 5.27. The second kappa shape index (κ2) is 8.44. The Labute approximate surface area is 161 Å². The smallest absolute Gasteiger partial charge is 0.268 e. The van der Waals surface area contributed by atoms with Crippen LogP contribution in [0.2, 0.25) is 0 Å². The van der Waals surface area contributed by atoms with E-state index >= 15 is 0 Å². The Morgan fingerprint density at radius 2 is 1.93 bits per heavy atom. The number of carbonyl (C=O) groups excluding carboxylic acids is 2. The number of carbonyl (C=O) groups is 2. The molecule has 1 aromatic rings. The average Bonchev–Trinajstić information content (AvgIpc) is 3.06. The molecule has 1 aliphatic carbocycles. The SMILES string of the molecule is CO[C@@H]1CC[C@H](C(=O)N2C[C@@H](C)O[C@@H](C)C2)C[C@H]1NC(=O)c1cccn1C. The minimum atomic E-state index is -0.170. The molecule has 0 spiro atoms. The van der Waals surface area contributed by atoms with E-state index in [4.69, 9.17) is 9.47 Å². The fraction of sp³-hybridized carbons (Fsp3) is 0.700. The summed E-state index contributed by atoms with van der Waals surface area (Å²) < 4.78 is 13.1. The van der Waals surface area contributed by atoms with Crippen molar-refractivity contribution >= 4 is 11.8 Å². The Balaban J connectivity index is 1.66. The van der Waals surface area contributed by atoms with E-state index in [1.807, 2.05) is 38.1 Å². The molecule has 2 fully saturated rings. The van der Waals surface area contributed by atoms with Crippen LogP contribution in [-0.2, 0) is 21.3 Å². The van der Waals surface area contributed by atoms with Crippen molar-refractivity contribution in [3.8, 4) is 0 Å². The number of hydrogen-bond donors (Lipinski definition) is 1. The van der Waals surface area contributed by atoms with E-state index in [0.29, 0.717) is 25.2 Å². The van der Waals surface area contributed by atoms with E-state index in [2.05, 4.69) is 5.32 Å². The van der Waals surface area contributed by atoms with Crippen molar-refractivity contribution in [2.75, 3.05) is 20.2 Å². The standard InChI is InChI=1S/C20H31N3O4/c1-13-11-23(12-14(2)27-13)20(25)15-7-8-18(26-4)16(10-15)21-19(24)17-6-5-9-22(17)3/h5-6,9,13-16,18H,7-8,10-12H2,1-4H3,(H,21,24)/t13-,14+,15-,16+,18+/m0/s1. The van der Waals surface area contributed by atoms with Gasteiger partial charge in [-0.1, -0.05) is 0 Å². The maximum absolute atomic E-state index is 13.1. The van der Waals surface area contributed by atoms with Crippen LogP contribution in [0, 0.1) is 5.92 Å². The summed E-state index contributed by atoms with van der Waals surface area (Å²) >= 11 is 0. The maximum Gasteiger partial charge on any atom is 0.268 e. The molecule has 1 aromatic heterocycles. The molecule has 2 aliphatic rings. The number of ether oxygens (including phenoxy) is 2. The fourth-order valence-electron chi connectivity index (χ4n) is 4.36. The van der Waals surface area contributed by atoms with Crippen LogP contribution in [0.25, 0.3) is 0 Å². The molecular formula is C20H31N3O4. The number of amides is 2. The molecule has 150 valence electrons. The van der Waals surface area contributed by atoms with Crippen LogP contribution in [-0.4, -0.2) is 65.8 Å². The van der Waals surface area contributed by atoms with Gasteiger partial charge in [0.1, 0.15) is 5.69 Å². The monoisotopic (exact) mass is 377 g/mol. The Morgan fingerprint density at radius 1 is 1.22 bits per heavy atom. The molecule has 7 heteroatoms. The number of nitrogens with one attached hydrogen (secondary N) is 1. The largest absolute Gasteiger partial charge is 0.379 e. The van der Waals surface area contributed by atoms with Crippen molar-refractivity contribution in [1.82, 2.24) is 14.8 Å². The van der Waals surface area contributed by atoms with Gasteiger partial charge in [-0.25, -0.2) is 0 Å². The van der Waals surface area contributed by atoms with Gasteiger partial charge >= 0.3 is 0 Å². The normalized spacial score (nSPS) is 31.6. The predicted molar refractivity (Wildman–Crippen MR) is 101 cm³/mol. The van der Waals surface area contributed by atoms with Crippen molar-refractivity contribution in [3.63, 3.8) is 0 Å². The van der Waals surface area contributed by atoms with Crippen LogP contribution in [0.3, 0.4) is 0 Å². The molecule has 1 saturated heterocycles. The van der Waals surface area contributed by atoms with Crippen molar-refractivity contribution in [2.45, 2.75) is 57.5 Å². The van der Waals surface area contributed by atoms with E-state index in [-0.39, 0.29) is 42.1 Å². The lowest BCUT2D eigenvalue weighted by Crippen LogP contribution is -2.54. The van der Waals surface area contributed by atoms with Crippen LogP contribution in [0.5, 0.6) is 0 Å². The number of aryl methyl sites for hydroxylation is 1. The Morgan fingerprint density at radius 3 is 2.52 bits per heavy atom. The highest BCUT2D eigenvalue weighted by molar-refractivity contribution is 5.93. The summed E-state index contributed by atoms with van der Waals surface area (Å²) in [5, 5.41) is 3.09. The Kier molecular flexibility index (Phi) is 6.22. The number of nitrogens with zero attached hydrogens (tertiary/aromatic N) is 2. The van der Waals surface area contributed by atoms with E-state index in [1.165, 1.54) is 0 Å². The van der Waals surface area contributed by atoms with Crippen LogP contribution < -0.4 is 5.32 Å². The quantitative estimate of drug-likeness (QED) is 0.865. The van der Waals surface area contributed by atoms with Gasteiger partial charge in [0, 0.05) is 39.4 Å². The first kappa shape index (κ1) is 19.9. The zero-order valence-electron chi connectivity index (χ0n) is 16.7. The number of morpholine rings is 1. The minimum absolute atomic E-state index is 0.0563. The van der Waals surface area contributed by atoms with Crippen molar-refractivity contribution in [1.29, 1.82) is 0 Å². The first-order valence-corrected chi connectivity index (χ1v) is 9.78. The van der Waals surface area contributed by atoms with Crippen LogP contribution >= 0.6 is 0 Å². The third-order valence-electron chi connectivity index (χ3n) is 5.66. The van der Waals surface area contributed by atoms with Crippen LogP contribution in [0.4, 0.5) is 0 Å². The molecule has 0 unspecified atom stereocenters. The van der Waals surface area contributed by atoms with Gasteiger partial charge in [-0.2, -0.15) is 0 Å². The molecule has 3 rings (SSSR count). The number of rotatable bonds is 4. The van der Waals surface area contributed by atoms with Gasteiger partial charge < -0.3 is 24.3 Å². The number of aromatic nitrogens is 1. The molecule has 1 saturated carbocycles. The highest BCUT2D eigenvalue weighted by atomic mass is 16.5. The lowest BCUT2D eigenvalue weighted by Gasteiger charge is -2.40. The van der Waals surface area contributed by atoms with E-state index in [1.54, 1.807) is 17.7 Å². The van der Waals surface area contributed by atoms with Gasteiger partial charge in [0.05, 0.1) is 24.4 Å². The molecule has 1 N–H and O–H groups in total. The summed E-state index contributed by atoms with van der Waals surface area (Å²) in [6.07, 6.45) is 4.04. The zero-order valence-corrected chi connectivity index (χ0v) is 16.7. The van der Waals surface area contributed by atoms with Gasteiger partial charge in [0.15, 0.2) is 0 Å². The third-order valence-corrected chi connectivity index (χ3v) is 5.66. The summed E-state index contributed by atoms with van der Waals surface area (Å²) in [7, 11) is 3.51. The molecule has 2 amide bonds. The Hall–Kier alpha value is -1.86. The van der Waals surface area contributed by atoms with Crippen molar-refractivity contribution in [3.05, 3.63) is 24.0 Å². The van der Waals surface area contributed by atoms with Crippen LogP contribution in [0.15, 0.2) is 18.3 Å². The lowest BCUT2D eigenvalue weighted by molar-refractivity contribution is -0.149. The molecule has 0 bridgehead atoms. The summed E-state index contributed by atoms with van der Waals surface area (Å²) in [5.41, 5.74) is 0.606. The topological polar surface area (TPSA) is 72.8 Å². The maximum atomic E-state index is 13.1. The Bertz CT molecular complexity index is 664. The molecule has 2 heterocycles. The molecule has 0 radical (unpaired) electrons. The highest BCUT2D eigenvalue weighted by Gasteiger charge is 2.38.